The average molecular weight is 343 g/mol. The van der Waals surface area contributed by atoms with Gasteiger partial charge in [-0.25, -0.2) is 9.97 Å². The first-order valence-corrected chi connectivity index (χ1v) is 8.49. The van der Waals surface area contributed by atoms with Crippen LogP contribution in [-0.2, 0) is 18.3 Å². The molecule has 3 rings (SSSR count). The summed E-state index contributed by atoms with van der Waals surface area (Å²) >= 11 is 1.27. The maximum absolute atomic E-state index is 12.2. The van der Waals surface area contributed by atoms with E-state index in [0.29, 0.717) is 10.8 Å². The highest BCUT2D eigenvalue weighted by molar-refractivity contribution is 7.99. The zero-order valence-electron chi connectivity index (χ0n) is 13.4. The number of aryl methyl sites for hydroxylation is 2. The molecule has 0 atom stereocenters. The lowest BCUT2D eigenvalue weighted by atomic mass is 10.1. The summed E-state index contributed by atoms with van der Waals surface area (Å²) in [7, 11) is 1.77. The molecule has 0 bridgehead atoms. The Morgan fingerprint density at radius 3 is 2.92 bits per heavy atom. The van der Waals surface area contributed by atoms with Crippen molar-refractivity contribution in [1.29, 1.82) is 0 Å². The van der Waals surface area contributed by atoms with Gasteiger partial charge in [0.1, 0.15) is 0 Å². The van der Waals surface area contributed by atoms with E-state index in [4.69, 9.17) is 0 Å². The minimum Gasteiger partial charge on any atom is -0.325 e. The number of amides is 1. The second-order valence-electron chi connectivity index (χ2n) is 5.20. The zero-order valence-corrected chi connectivity index (χ0v) is 14.2. The second kappa shape index (κ2) is 6.88. The van der Waals surface area contributed by atoms with Crippen LogP contribution in [0.15, 0.2) is 40.5 Å². The van der Waals surface area contributed by atoms with Crippen LogP contribution in [0.5, 0.6) is 0 Å². The fourth-order valence-electron chi connectivity index (χ4n) is 2.39. The molecule has 0 aliphatic heterocycles. The zero-order chi connectivity index (χ0) is 17.1. The van der Waals surface area contributed by atoms with Crippen molar-refractivity contribution in [2.75, 3.05) is 11.1 Å². The van der Waals surface area contributed by atoms with Gasteiger partial charge >= 0.3 is 0 Å². The topological polar surface area (TPSA) is 92.7 Å². The monoisotopic (exact) mass is 343 g/mol. The summed E-state index contributed by atoms with van der Waals surface area (Å²) in [4.78, 5) is 34.8. The molecule has 3 aromatic rings. The second-order valence-corrected chi connectivity index (χ2v) is 6.15. The van der Waals surface area contributed by atoms with Gasteiger partial charge in [0.2, 0.25) is 5.91 Å². The summed E-state index contributed by atoms with van der Waals surface area (Å²) in [5.41, 5.74) is 2.41. The largest absolute Gasteiger partial charge is 0.325 e. The summed E-state index contributed by atoms with van der Waals surface area (Å²) in [5, 5.41) is 3.49. The Morgan fingerprint density at radius 2 is 2.17 bits per heavy atom. The highest BCUT2D eigenvalue weighted by Gasteiger charge is 2.14. The molecule has 0 radical (unpaired) electrons. The quantitative estimate of drug-likeness (QED) is 0.691. The van der Waals surface area contributed by atoms with Gasteiger partial charge in [-0.3, -0.25) is 9.59 Å². The molecule has 124 valence electrons. The Labute approximate surface area is 142 Å². The van der Waals surface area contributed by atoms with Gasteiger partial charge in [0.25, 0.3) is 5.56 Å². The molecule has 0 spiro atoms. The molecular formula is C16H17N5O2S. The smallest absolute Gasteiger partial charge is 0.278 e. The average Bonchev–Trinajstić information content (AvgIpc) is 2.91. The maximum Gasteiger partial charge on any atom is 0.278 e. The Morgan fingerprint density at radius 1 is 1.38 bits per heavy atom. The number of rotatable bonds is 5. The fourth-order valence-corrected chi connectivity index (χ4v) is 3.15. The number of carbonyl (C=O) groups is 1. The van der Waals surface area contributed by atoms with Crippen molar-refractivity contribution < 1.29 is 4.79 Å². The third kappa shape index (κ3) is 3.18. The van der Waals surface area contributed by atoms with Gasteiger partial charge in [-0.15, -0.1) is 0 Å². The van der Waals surface area contributed by atoms with Crippen LogP contribution in [0.25, 0.3) is 11.2 Å². The Kier molecular flexibility index (Phi) is 4.66. The summed E-state index contributed by atoms with van der Waals surface area (Å²) < 4.78 is 1.71. The number of para-hydroxylation sites is 1. The van der Waals surface area contributed by atoms with E-state index in [9.17, 15) is 9.59 Å². The van der Waals surface area contributed by atoms with E-state index < -0.39 is 0 Å². The van der Waals surface area contributed by atoms with Crippen LogP contribution in [0.2, 0.25) is 0 Å². The Hall–Kier alpha value is -2.61. The number of hydrogen-bond acceptors (Lipinski definition) is 5. The fraction of sp³-hybridized carbons (Fsp3) is 0.250. The molecule has 0 unspecified atom stereocenters. The van der Waals surface area contributed by atoms with Crippen LogP contribution in [0, 0.1) is 0 Å². The van der Waals surface area contributed by atoms with Gasteiger partial charge in [-0.2, -0.15) is 0 Å². The Bertz CT molecular complexity index is 947. The van der Waals surface area contributed by atoms with Gasteiger partial charge in [-0.05, 0) is 18.1 Å². The molecule has 1 amide bonds. The van der Waals surface area contributed by atoms with Crippen molar-refractivity contribution in [3.05, 3.63) is 46.5 Å². The molecule has 0 saturated carbocycles. The molecule has 2 aromatic heterocycles. The number of nitrogens with zero attached hydrogens (tertiary/aromatic N) is 3. The number of nitrogens with one attached hydrogen (secondary N) is 2. The van der Waals surface area contributed by atoms with Gasteiger partial charge in [0.15, 0.2) is 16.3 Å². The number of benzene rings is 1. The molecule has 2 heterocycles. The van der Waals surface area contributed by atoms with Crippen molar-refractivity contribution in [2.24, 2.45) is 7.05 Å². The Balaban J connectivity index is 1.72. The number of anilines is 1. The molecule has 7 nitrogen and oxygen atoms in total. The molecule has 1 aromatic carbocycles. The summed E-state index contributed by atoms with van der Waals surface area (Å²) in [6, 6.07) is 7.73. The van der Waals surface area contributed by atoms with Crippen LogP contribution >= 0.6 is 11.8 Å². The third-order valence-corrected chi connectivity index (χ3v) is 4.66. The minimum absolute atomic E-state index is 0.116. The van der Waals surface area contributed by atoms with Crippen molar-refractivity contribution in [2.45, 2.75) is 18.5 Å². The number of aromatic amines is 1. The van der Waals surface area contributed by atoms with Gasteiger partial charge in [0, 0.05) is 12.7 Å². The predicted octanol–water partition coefficient (Wildman–Crippen LogP) is 1.95. The number of H-pyrrole nitrogens is 1. The molecule has 8 heteroatoms. The van der Waals surface area contributed by atoms with E-state index in [1.807, 2.05) is 31.2 Å². The third-order valence-electron chi connectivity index (χ3n) is 3.63. The van der Waals surface area contributed by atoms with E-state index in [2.05, 4.69) is 20.3 Å². The molecule has 0 aliphatic carbocycles. The first kappa shape index (κ1) is 16.3. The van der Waals surface area contributed by atoms with Crippen molar-refractivity contribution >= 4 is 34.5 Å². The first-order valence-electron chi connectivity index (χ1n) is 7.50. The molecule has 0 saturated heterocycles. The van der Waals surface area contributed by atoms with Crippen molar-refractivity contribution in [1.82, 2.24) is 19.5 Å². The summed E-state index contributed by atoms with van der Waals surface area (Å²) in [6.45, 7) is 2.05. The van der Waals surface area contributed by atoms with E-state index in [1.165, 1.54) is 18.1 Å². The van der Waals surface area contributed by atoms with E-state index in [0.717, 1.165) is 17.7 Å². The summed E-state index contributed by atoms with van der Waals surface area (Å²) in [5.74, 6) is 0.0856. The number of hydrogen-bond donors (Lipinski definition) is 2. The molecule has 24 heavy (non-hydrogen) atoms. The maximum atomic E-state index is 12.2. The number of fused-ring (bicyclic) bond motifs is 1. The van der Waals surface area contributed by atoms with Crippen molar-refractivity contribution in [3.8, 4) is 0 Å². The minimum atomic E-state index is -0.288. The summed E-state index contributed by atoms with van der Waals surface area (Å²) in [6.07, 6.45) is 2.19. The standard InChI is InChI=1S/C16H17N5O2S/c1-3-10-6-4-5-7-11(10)19-12(22)8-24-16-20-13-14(21(16)2)17-9-18-15(13)23/h4-7,9H,3,8H2,1-2H3,(H,19,22)(H,17,18,23). The van der Waals surface area contributed by atoms with E-state index in [-0.39, 0.29) is 22.7 Å². The highest BCUT2D eigenvalue weighted by Crippen LogP contribution is 2.21. The molecular weight excluding hydrogens is 326 g/mol. The van der Waals surface area contributed by atoms with Crippen LogP contribution in [0.4, 0.5) is 5.69 Å². The van der Waals surface area contributed by atoms with Crippen LogP contribution in [0.1, 0.15) is 12.5 Å². The normalized spacial score (nSPS) is 10.9. The van der Waals surface area contributed by atoms with Crippen LogP contribution in [0.3, 0.4) is 0 Å². The van der Waals surface area contributed by atoms with E-state index >= 15 is 0 Å². The lowest BCUT2D eigenvalue weighted by Gasteiger charge is -2.09. The SMILES string of the molecule is CCc1ccccc1NC(=O)CSc1nc2c(=O)[nH]cnc2n1C. The van der Waals surface area contributed by atoms with Crippen molar-refractivity contribution in [3.63, 3.8) is 0 Å². The molecule has 0 fully saturated rings. The van der Waals surface area contributed by atoms with Crippen LogP contribution < -0.4 is 10.9 Å². The molecule has 2 N–H and O–H groups in total. The van der Waals surface area contributed by atoms with Crippen LogP contribution in [-0.4, -0.2) is 31.2 Å². The lowest BCUT2D eigenvalue weighted by molar-refractivity contribution is -0.113. The van der Waals surface area contributed by atoms with E-state index in [1.54, 1.807) is 11.6 Å². The van der Waals surface area contributed by atoms with Gasteiger partial charge in [0.05, 0.1) is 12.1 Å². The number of thioether (sulfide) groups is 1. The lowest BCUT2D eigenvalue weighted by Crippen LogP contribution is -2.15. The first-order chi connectivity index (χ1) is 11.6. The molecule has 0 aliphatic rings. The number of aromatic nitrogens is 4. The number of carbonyl (C=O) groups excluding carboxylic acids is 1. The predicted molar refractivity (Wildman–Crippen MR) is 94.3 cm³/mol. The van der Waals surface area contributed by atoms with Gasteiger partial charge in [-0.1, -0.05) is 36.9 Å². The van der Waals surface area contributed by atoms with Gasteiger partial charge < -0.3 is 14.9 Å². The number of imidazole rings is 1. The highest BCUT2D eigenvalue weighted by atomic mass is 32.2.